The Morgan fingerprint density at radius 1 is 1.05 bits per heavy atom. The van der Waals surface area contributed by atoms with Crippen LogP contribution in [0.5, 0.6) is 0 Å². The first-order chi connectivity index (χ1) is 9.33. The van der Waals surface area contributed by atoms with Gasteiger partial charge in [0, 0.05) is 12.6 Å². The first kappa shape index (κ1) is 13.9. The van der Waals surface area contributed by atoms with Gasteiger partial charge in [0.25, 0.3) is 0 Å². The van der Waals surface area contributed by atoms with E-state index in [1.807, 2.05) is 0 Å². The molecule has 2 heterocycles. The maximum absolute atomic E-state index is 3.55. The van der Waals surface area contributed by atoms with Gasteiger partial charge in [-0.3, -0.25) is 4.90 Å². The molecule has 1 aliphatic carbocycles. The average Bonchev–Trinajstić information content (AvgIpc) is 2.49. The van der Waals surface area contributed by atoms with E-state index in [2.05, 4.69) is 17.1 Å². The standard InChI is InChI=1S/C17H32N2/c1-2-17(9-11-18-12-10-17)14-19-13-5-7-15-6-3-4-8-16(15)19/h15-16,18H,2-14H2,1H3/t15-,16-/m1/s1. The largest absolute Gasteiger partial charge is 0.317 e. The van der Waals surface area contributed by atoms with Gasteiger partial charge in [0.15, 0.2) is 0 Å². The lowest BCUT2D eigenvalue weighted by Crippen LogP contribution is -2.52. The van der Waals surface area contributed by atoms with E-state index in [-0.39, 0.29) is 0 Å². The van der Waals surface area contributed by atoms with E-state index in [9.17, 15) is 0 Å². The molecule has 0 aromatic rings. The highest BCUT2D eigenvalue weighted by Crippen LogP contribution is 2.40. The molecule has 3 aliphatic rings. The van der Waals surface area contributed by atoms with Crippen LogP contribution in [0, 0.1) is 11.3 Å². The van der Waals surface area contributed by atoms with Gasteiger partial charge < -0.3 is 5.32 Å². The number of nitrogens with zero attached hydrogens (tertiary/aromatic N) is 1. The number of likely N-dealkylation sites (tertiary alicyclic amines) is 1. The Balaban J connectivity index is 1.66. The first-order valence-electron chi connectivity index (χ1n) is 8.78. The summed E-state index contributed by atoms with van der Waals surface area (Å²) in [7, 11) is 0. The van der Waals surface area contributed by atoms with E-state index < -0.39 is 0 Å². The van der Waals surface area contributed by atoms with Gasteiger partial charge >= 0.3 is 0 Å². The normalized spacial score (nSPS) is 35.8. The highest BCUT2D eigenvalue weighted by molar-refractivity contribution is 4.93. The molecule has 0 radical (unpaired) electrons. The van der Waals surface area contributed by atoms with Crippen LogP contribution in [-0.2, 0) is 0 Å². The molecule has 1 saturated carbocycles. The van der Waals surface area contributed by atoms with Crippen LogP contribution in [-0.4, -0.2) is 37.1 Å². The van der Waals surface area contributed by atoms with Crippen LogP contribution in [0.25, 0.3) is 0 Å². The molecule has 2 atom stereocenters. The van der Waals surface area contributed by atoms with Crippen LogP contribution in [0.15, 0.2) is 0 Å². The van der Waals surface area contributed by atoms with Crippen molar-refractivity contribution in [1.82, 2.24) is 10.2 Å². The molecule has 2 saturated heterocycles. The lowest BCUT2D eigenvalue weighted by molar-refractivity contribution is 0.0113. The Kier molecular flexibility index (Phi) is 4.48. The number of piperidine rings is 2. The Labute approximate surface area is 119 Å². The van der Waals surface area contributed by atoms with Gasteiger partial charge in [0.2, 0.25) is 0 Å². The van der Waals surface area contributed by atoms with Crippen molar-refractivity contribution in [2.45, 2.75) is 70.8 Å². The fourth-order valence-electron chi connectivity index (χ4n) is 4.94. The van der Waals surface area contributed by atoms with Crippen molar-refractivity contribution in [2.24, 2.45) is 11.3 Å². The third kappa shape index (κ3) is 3.00. The van der Waals surface area contributed by atoms with Gasteiger partial charge in [-0.05, 0) is 75.9 Å². The van der Waals surface area contributed by atoms with E-state index >= 15 is 0 Å². The lowest BCUT2D eigenvalue weighted by atomic mass is 9.73. The van der Waals surface area contributed by atoms with Crippen LogP contribution < -0.4 is 5.32 Å². The second-order valence-corrected chi connectivity index (χ2v) is 7.33. The summed E-state index contributed by atoms with van der Waals surface area (Å²) in [5.41, 5.74) is 0.630. The molecule has 110 valence electrons. The topological polar surface area (TPSA) is 15.3 Å². The fraction of sp³-hybridized carbons (Fsp3) is 1.00. The second kappa shape index (κ2) is 6.13. The monoisotopic (exact) mass is 264 g/mol. The highest BCUT2D eigenvalue weighted by atomic mass is 15.2. The summed E-state index contributed by atoms with van der Waals surface area (Å²) in [6.07, 6.45) is 13.1. The fourth-order valence-corrected chi connectivity index (χ4v) is 4.94. The summed E-state index contributed by atoms with van der Waals surface area (Å²) in [5.74, 6) is 1.04. The summed E-state index contributed by atoms with van der Waals surface area (Å²) in [5, 5.41) is 3.55. The molecule has 2 nitrogen and oxygen atoms in total. The number of nitrogens with one attached hydrogen (secondary N) is 1. The molecule has 0 spiro atoms. The van der Waals surface area contributed by atoms with Crippen LogP contribution in [0.2, 0.25) is 0 Å². The predicted octanol–water partition coefficient (Wildman–Crippen LogP) is 3.42. The van der Waals surface area contributed by atoms with Gasteiger partial charge in [0.1, 0.15) is 0 Å². The zero-order valence-electron chi connectivity index (χ0n) is 12.8. The van der Waals surface area contributed by atoms with Gasteiger partial charge in [0.05, 0.1) is 0 Å². The molecule has 0 bridgehead atoms. The van der Waals surface area contributed by atoms with Crippen LogP contribution in [0.4, 0.5) is 0 Å². The van der Waals surface area contributed by atoms with Crippen molar-refractivity contribution in [2.75, 3.05) is 26.2 Å². The quantitative estimate of drug-likeness (QED) is 0.840. The maximum Gasteiger partial charge on any atom is 0.0124 e. The zero-order chi connectivity index (χ0) is 13.1. The SMILES string of the molecule is CCC1(CN2CCC[C@H]3CCCC[C@H]32)CCNCC1. The van der Waals surface area contributed by atoms with Crippen LogP contribution in [0.3, 0.4) is 0 Å². The third-order valence-electron chi connectivity index (χ3n) is 6.31. The molecule has 2 aliphatic heterocycles. The first-order valence-corrected chi connectivity index (χ1v) is 8.78. The van der Waals surface area contributed by atoms with Crippen LogP contribution >= 0.6 is 0 Å². The van der Waals surface area contributed by atoms with E-state index in [1.165, 1.54) is 84.0 Å². The molecule has 3 fully saturated rings. The smallest absolute Gasteiger partial charge is 0.0124 e. The Hall–Kier alpha value is -0.0800. The number of rotatable bonds is 3. The summed E-state index contributed by atoms with van der Waals surface area (Å²) in [6, 6.07) is 0.945. The second-order valence-electron chi connectivity index (χ2n) is 7.33. The molecule has 19 heavy (non-hydrogen) atoms. The zero-order valence-corrected chi connectivity index (χ0v) is 12.8. The Bertz CT molecular complexity index is 281. The predicted molar refractivity (Wildman–Crippen MR) is 81.4 cm³/mol. The summed E-state index contributed by atoms with van der Waals surface area (Å²) < 4.78 is 0. The van der Waals surface area contributed by atoms with Crippen molar-refractivity contribution in [3.05, 3.63) is 0 Å². The summed E-state index contributed by atoms with van der Waals surface area (Å²) >= 11 is 0. The molecule has 0 unspecified atom stereocenters. The lowest BCUT2D eigenvalue weighted by Gasteiger charge is -2.49. The molecule has 1 N–H and O–H groups in total. The van der Waals surface area contributed by atoms with E-state index in [0.29, 0.717) is 5.41 Å². The van der Waals surface area contributed by atoms with Gasteiger partial charge in [-0.25, -0.2) is 0 Å². The van der Waals surface area contributed by atoms with Crippen molar-refractivity contribution in [3.8, 4) is 0 Å². The van der Waals surface area contributed by atoms with Crippen molar-refractivity contribution in [1.29, 1.82) is 0 Å². The van der Waals surface area contributed by atoms with Crippen molar-refractivity contribution < 1.29 is 0 Å². The van der Waals surface area contributed by atoms with Crippen molar-refractivity contribution in [3.63, 3.8) is 0 Å². The molecule has 2 heteroatoms. The minimum absolute atomic E-state index is 0.630. The van der Waals surface area contributed by atoms with Gasteiger partial charge in [-0.2, -0.15) is 0 Å². The molecular weight excluding hydrogens is 232 g/mol. The summed E-state index contributed by atoms with van der Waals surface area (Å²) in [6.45, 7) is 7.70. The number of fused-ring (bicyclic) bond motifs is 1. The van der Waals surface area contributed by atoms with E-state index in [0.717, 1.165) is 12.0 Å². The molecule has 0 aromatic heterocycles. The van der Waals surface area contributed by atoms with Gasteiger partial charge in [-0.1, -0.05) is 19.8 Å². The minimum atomic E-state index is 0.630. The molecule has 0 amide bonds. The third-order valence-corrected chi connectivity index (χ3v) is 6.31. The van der Waals surface area contributed by atoms with E-state index in [1.54, 1.807) is 0 Å². The van der Waals surface area contributed by atoms with Crippen molar-refractivity contribution >= 4 is 0 Å². The number of hydrogen-bond donors (Lipinski definition) is 1. The maximum atomic E-state index is 3.55. The summed E-state index contributed by atoms with van der Waals surface area (Å²) in [4.78, 5) is 2.92. The Morgan fingerprint density at radius 2 is 1.79 bits per heavy atom. The van der Waals surface area contributed by atoms with E-state index in [4.69, 9.17) is 0 Å². The molecule has 0 aromatic carbocycles. The van der Waals surface area contributed by atoms with Gasteiger partial charge in [-0.15, -0.1) is 0 Å². The molecular formula is C17H32N2. The Morgan fingerprint density at radius 3 is 2.58 bits per heavy atom. The minimum Gasteiger partial charge on any atom is -0.317 e. The van der Waals surface area contributed by atoms with Crippen LogP contribution in [0.1, 0.15) is 64.7 Å². The molecule has 3 rings (SSSR count). The average molecular weight is 264 g/mol. The number of hydrogen-bond acceptors (Lipinski definition) is 2. The highest BCUT2D eigenvalue weighted by Gasteiger charge is 2.38.